The van der Waals surface area contributed by atoms with E-state index in [-0.39, 0.29) is 37.8 Å². The van der Waals surface area contributed by atoms with Gasteiger partial charge >= 0.3 is 13.7 Å². The average Bonchev–Trinajstić information content (AvgIpc) is 3.50. The minimum atomic E-state index is -4.14. The van der Waals surface area contributed by atoms with E-state index in [4.69, 9.17) is 29.0 Å². The third-order valence-corrected chi connectivity index (χ3v) is 7.17. The minimum Gasteiger partial charge on any atom is -0.462 e. The normalized spacial score (nSPS) is 22.0. The lowest BCUT2D eigenvalue weighted by molar-refractivity contribution is -0.146. The second-order valence-electron chi connectivity index (χ2n) is 8.23. The number of aromatic nitrogens is 2. The number of methoxy groups -OCH3 is 1. The molecule has 1 aliphatic rings. The Morgan fingerprint density at radius 3 is 2.79 bits per heavy atom. The van der Waals surface area contributed by atoms with Crippen LogP contribution in [0.1, 0.15) is 25.3 Å². The molecule has 2 aromatic rings. The van der Waals surface area contributed by atoms with E-state index in [1.807, 2.05) is 0 Å². The Morgan fingerprint density at radius 1 is 1.39 bits per heavy atom. The summed E-state index contributed by atoms with van der Waals surface area (Å²) in [5.74, 6) is 0.0730. The van der Waals surface area contributed by atoms with Gasteiger partial charge < -0.3 is 29.6 Å². The highest BCUT2D eigenvalue weighted by atomic mass is 31.2. The molecule has 0 saturated carbocycles. The maximum Gasteiger partial charge on any atom is 0.459 e. The number of hydrogen-bond acceptors (Lipinski definition) is 11. The van der Waals surface area contributed by atoms with Gasteiger partial charge in [-0.05, 0) is 25.8 Å². The van der Waals surface area contributed by atoms with Crippen LogP contribution in [0.4, 0.5) is 5.82 Å². The van der Waals surface area contributed by atoms with Gasteiger partial charge in [0.2, 0.25) is 0 Å². The first-order valence-electron chi connectivity index (χ1n) is 11.7. The Kier molecular flexibility index (Phi) is 10.5. The van der Waals surface area contributed by atoms with Crippen molar-refractivity contribution in [1.29, 1.82) is 0 Å². The van der Waals surface area contributed by atoms with E-state index in [1.165, 1.54) is 27.4 Å². The number of aliphatic hydroxyl groups is 1. The van der Waals surface area contributed by atoms with Crippen LogP contribution in [0.15, 0.2) is 46.6 Å². The highest BCUT2D eigenvalue weighted by Gasteiger charge is 2.40. The van der Waals surface area contributed by atoms with Crippen LogP contribution in [0.3, 0.4) is 0 Å². The van der Waals surface area contributed by atoms with Crippen LogP contribution in [0.2, 0.25) is 0 Å². The first kappa shape index (κ1) is 29.4. The smallest absolute Gasteiger partial charge is 0.459 e. The second-order valence-corrected chi connectivity index (χ2v) is 9.93. The number of esters is 1. The summed E-state index contributed by atoms with van der Waals surface area (Å²) in [6.45, 7) is 4.94. The lowest BCUT2D eigenvalue weighted by Gasteiger charge is -2.24. The van der Waals surface area contributed by atoms with Crippen molar-refractivity contribution in [2.45, 2.75) is 37.8 Å². The zero-order chi connectivity index (χ0) is 27.7. The molecule has 1 aromatic heterocycles. The number of carbonyl (C=O) groups is 1. The SMILES string of the molecule is C=Nc1c(C(N)=NC)ncn1[C@@H]1C[C@@H](O)[C@H](CO[P@@](=O)(N[C@@H](C)C(=O)OCCOC)Oc2ccccc2)O1. The van der Waals surface area contributed by atoms with Crippen molar-refractivity contribution in [2.75, 3.05) is 34.0 Å². The van der Waals surface area contributed by atoms with E-state index >= 15 is 0 Å². The average molecular weight is 553 g/mol. The van der Waals surface area contributed by atoms with Gasteiger partial charge in [0, 0.05) is 20.6 Å². The molecule has 15 heteroatoms. The summed E-state index contributed by atoms with van der Waals surface area (Å²) in [5, 5.41) is 13.2. The first-order chi connectivity index (χ1) is 18.2. The Labute approximate surface area is 220 Å². The van der Waals surface area contributed by atoms with Crippen LogP contribution < -0.4 is 15.3 Å². The van der Waals surface area contributed by atoms with E-state index in [9.17, 15) is 14.5 Å². The van der Waals surface area contributed by atoms with Gasteiger partial charge in [-0.15, -0.1) is 0 Å². The molecule has 0 amide bonds. The fourth-order valence-electron chi connectivity index (χ4n) is 3.57. The quantitative estimate of drug-likeness (QED) is 0.102. The predicted octanol–water partition coefficient (Wildman–Crippen LogP) is 1.57. The molecule has 5 atom stereocenters. The number of amidine groups is 1. The molecule has 14 nitrogen and oxygen atoms in total. The van der Waals surface area contributed by atoms with Crippen LogP contribution >= 0.6 is 7.75 Å². The van der Waals surface area contributed by atoms with Gasteiger partial charge in [0.1, 0.15) is 42.3 Å². The van der Waals surface area contributed by atoms with Crippen molar-refractivity contribution in [3.63, 3.8) is 0 Å². The summed E-state index contributed by atoms with van der Waals surface area (Å²) in [6.07, 6.45) is -0.932. The molecular weight excluding hydrogens is 519 g/mol. The van der Waals surface area contributed by atoms with Crippen LogP contribution in [0.25, 0.3) is 0 Å². The number of hydrogen-bond donors (Lipinski definition) is 3. The Morgan fingerprint density at radius 2 is 2.13 bits per heavy atom. The van der Waals surface area contributed by atoms with E-state index in [0.29, 0.717) is 11.5 Å². The van der Waals surface area contributed by atoms with Gasteiger partial charge in [-0.25, -0.2) is 14.5 Å². The monoisotopic (exact) mass is 552 g/mol. The number of nitrogens with zero attached hydrogens (tertiary/aromatic N) is 4. The van der Waals surface area contributed by atoms with Crippen molar-refractivity contribution >= 4 is 32.1 Å². The van der Waals surface area contributed by atoms with Gasteiger partial charge in [0.25, 0.3) is 0 Å². The number of aliphatic hydroxyl groups excluding tert-OH is 1. The number of carbonyl (C=O) groups excluding carboxylic acids is 1. The third kappa shape index (κ3) is 7.47. The summed E-state index contributed by atoms with van der Waals surface area (Å²) in [4.78, 5) is 24.4. The van der Waals surface area contributed by atoms with Crippen molar-refractivity contribution < 1.29 is 37.7 Å². The molecule has 3 rings (SSSR count). The summed E-state index contributed by atoms with van der Waals surface area (Å²) in [7, 11) is -1.14. The largest absolute Gasteiger partial charge is 0.462 e. The molecule has 1 fully saturated rings. The van der Waals surface area contributed by atoms with E-state index in [0.717, 1.165) is 0 Å². The number of benzene rings is 1. The standard InChI is InChI=1S/C23H33N6O8P/c1-15(23(31)34-11-10-33-4)28-38(32,37-16-8-6-5-7-9-16)35-13-18-17(30)12-19(36-18)29-14-27-20(21(24)25-2)22(29)26-3/h5-9,14-15,17-19,30H,3,10-13H2,1-2,4H3,(H2,24,25)(H,28,32)/t15-,17+,18-,19-,38-/m0/s1. The lowest BCUT2D eigenvalue weighted by atomic mass is 10.2. The van der Waals surface area contributed by atoms with Crippen LogP contribution in [-0.2, 0) is 28.1 Å². The molecular formula is C23H33N6O8P. The summed E-state index contributed by atoms with van der Waals surface area (Å²) in [6, 6.07) is 7.27. The van der Waals surface area contributed by atoms with Crippen molar-refractivity contribution in [1.82, 2.24) is 14.6 Å². The lowest BCUT2D eigenvalue weighted by Crippen LogP contribution is -2.36. The van der Waals surface area contributed by atoms with Crippen molar-refractivity contribution in [3.05, 3.63) is 42.4 Å². The molecule has 4 N–H and O–H groups in total. The Hall–Kier alpha value is -3.13. The number of rotatable bonds is 14. The molecule has 38 heavy (non-hydrogen) atoms. The van der Waals surface area contributed by atoms with Crippen LogP contribution in [0.5, 0.6) is 5.75 Å². The number of aliphatic imine (C=N–C) groups is 2. The molecule has 0 radical (unpaired) electrons. The fraction of sp³-hybridized carbons (Fsp3) is 0.478. The molecule has 0 bridgehead atoms. The topological polar surface area (TPSA) is 181 Å². The third-order valence-electron chi connectivity index (χ3n) is 5.53. The van der Waals surface area contributed by atoms with E-state index in [2.05, 4.69) is 26.8 Å². The number of para-hydroxylation sites is 1. The molecule has 0 unspecified atom stereocenters. The van der Waals surface area contributed by atoms with Gasteiger partial charge in [-0.2, -0.15) is 5.09 Å². The maximum atomic E-state index is 13.7. The molecule has 1 aliphatic heterocycles. The first-order valence-corrected chi connectivity index (χ1v) is 13.3. The predicted molar refractivity (Wildman–Crippen MR) is 139 cm³/mol. The van der Waals surface area contributed by atoms with Crippen LogP contribution in [0, 0.1) is 0 Å². The zero-order valence-corrected chi connectivity index (χ0v) is 22.3. The maximum absolute atomic E-state index is 13.7. The fourth-order valence-corrected chi connectivity index (χ4v) is 5.07. The Balaban J connectivity index is 1.71. The molecule has 2 heterocycles. The minimum absolute atomic E-state index is 0.0306. The van der Waals surface area contributed by atoms with Crippen LogP contribution in [-0.4, -0.2) is 85.4 Å². The number of nitrogens with one attached hydrogen (secondary N) is 1. The number of imidazole rings is 1. The van der Waals surface area contributed by atoms with E-state index < -0.39 is 38.2 Å². The molecule has 0 spiro atoms. The van der Waals surface area contributed by atoms with Crippen molar-refractivity contribution in [2.24, 2.45) is 15.7 Å². The zero-order valence-electron chi connectivity index (χ0n) is 21.4. The van der Waals surface area contributed by atoms with Gasteiger partial charge in [0.15, 0.2) is 5.82 Å². The molecule has 1 aromatic carbocycles. The summed E-state index contributed by atoms with van der Waals surface area (Å²) < 4.78 is 42.4. The number of nitrogens with two attached hydrogens (primary N) is 1. The number of ether oxygens (including phenoxy) is 3. The van der Waals surface area contributed by atoms with Crippen molar-refractivity contribution in [3.8, 4) is 5.75 Å². The second kappa shape index (κ2) is 13.6. The molecule has 1 saturated heterocycles. The van der Waals surface area contributed by atoms with Gasteiger partial charge in [0.05, 0.1) is 25.6 Å². The van der Waals surface area contributed by atoms with E-state index in [1.54, 1.807) is 34.9 Å². The summed E-state index contributed by atoms with van der Waals surface area (Å²) in [5.41, 5.74) is 6.21. The van der Waals surface area contributed by atoms with Gasteiger partial charge in [-0.1, -0.05) is 18.2 Å². The molecule has 208 valence electrons. The summed E-state index contributed by atoms with van der Waals surface area (Å²) >= 11 is 0. The highest BCUT2D eigenvalue weighted by Crippen LogP contribution is 2.46. The Bertz CT molecular complexity index is 1160. The molecule has 0 aliphatic carbocycles. The van der Waals surface area contributed by atoms with Gasteiger partial charge in [-0.3, -0.25) is 18.9 Å². The highest BCUT2D eigenvalue weighted by molar-refractivity contribution is 7.52.